The Kier molecular flexibility index (Phi) is 5.51. The summed E-state index contributed by atoms with van der Waals surface area (Å²) in [4.78, 5) is 16.2. The van der Waals surface area contributed by atoms with E-state index in [1.165, 1.54) is 18.3 Å². The molecule has 1 aliphatic heterocycles. The van der Waals surface area contributed by atoms with Crippen molar-refractivity contribution >= 4 is 15.7 Å². The maximum atomic E-state index is 13.7. The van der Waals surface area contributed by atoms with Gasteiger partial charge in [-0.3, -0.25) is 4.79 Å². The fourth-order valence-corrected chi connectivity index (χ4v) is 4.71. The normalized spacial score (nSPS) is 18.4. The Morgan fingerprint density at radius 3 is 2.81 bits per heavy atom. The van der Waals surface area contributed by atoms with Crippen LogP contribution in [0, 0.1) is 11.7 Å². The molecule has 138 valence electrons. The summed E-state index contributed by atoms with van der Waals surface area (Å²) < 4.78 is 42.2. The number of pyridine rings is 1. The van der Waals surface area contributed by atoms with E-state index in [1.54, 1.807) is 24.3 Å². The van der Waals surface area contributed by atoms with Crippen LogP contribution in [0.3, 0.4) is 0 Å². The molecule has 0 bridgehead atoms. The number of sulfone groups is 1. The number of para-hydroxylation sites is 1. The molecule has 2 aromatic rings. The molecule has 1 fully saturated rings. The Hall–Kier alpha value is -2.48. The second kappa shape index (κ2) is 7.82. The molecule has 2 heterocycles. The van der Waals surface area contributed by atoms with Crippen molar-refractivity contribution in [1.82, 2.24) is 10.3 Å². The van der Waals surface area contributed by atoms with E-state index >= 15 is 0 Å². The molecular formula is C18H19FN2O4S. The molecule has 3 rings (SSSR count). The van der Waals surface area contributed by atoms with Gasteiger partial charge in [-0.25, -0.2) is 17.8 Å². The van der Waals surface area contributed by atoms with E-state index in [0.717, 1.165) is 0 Å². The van der Waals surface area contributed by atoms with Crippen molar-refractivity contribution < 1.29 is 22.3 Å². The number of ether oxygens (including phenoxy) is 1. The highest BCUT2D eigenvalue weighted by atomic mass is 32.2. The number of hydrogen-bond donors (Lipinski definition) is 1. The molecule has 1 atom stereocenters. The third kappa shape index (κ3) is 4.78. The average molecular weight is 378 g/mol. The molecule has 1 aliphatic rings. The van der Waals surface area contributed by atoms with Crippen LogP contribution in [0.15, 0.2) is 42.6 Å². The van der Waals surface area contributed by atoms with Crippen molar-refractivity contribution in [3.63, 3.8) is 0 Å². The van der Waals surface area contributed by atoms with E-state index in [2.05, 4.69) is 10.3 Å². The lowest BCUT2D eigenvalue weighted by Gasteiger charge is -2.12. The van der Waals surface area contributed by atoms with Gasteiger partial charge in [0.25, 0.3) is 0 Å². The van der Waals surface area contributed by atoms with Crippen LogP contribution in [0.5, 0.6) is 11.6 Å². The van der Waals surface area contributed by atoms with Crippen LogP contribution in [-0.2, 0) is 21.2 Å². The van der Waals surface area contributed by atoms with E-state index in [-0.39, 0.29) is 47.9 Å². The number of carbonyl (C=O) groups is 1. The van der Waals surface area contributed by atoms with Gasteiger partial charge >= 0.3 is 0 Å². The molecule has 1 N–H and O–H groups in total. The molecule has 1 amide bonds. The minimum Gasteiger partial charge on any atom is -0.436 e. The van der Waals surface area contributed by atoms with E-state index in [9.17, 15) is 17.6 Å². The van der Waals surface area contributed by atoms with Gasteiger partial charge in [0.05, 0.1) is 11.5 Å². The third-order valence-electron chi connectivity index (χ3n) is 4.17. The molecule has 6 nitrogen and oxygen atoms in total. The van der Waals surface area contributed by atoms with Gasteiger partial charge in [0.1, 0.15) is 0 Å². The Bertz CT molecular complexity index is 902. The SMILES string of the molecule is O=C(CC1CCS(=O)(=O)C1)NCc1cccnc1Oc1ccccc1F. The van der Waals surface area contributed by atoms with Crippen molar-refractivity contribution in [3.05, 3.63) is 54.0 Å². The number of amides is 1. The molecule has 0 spiro atoms. The molecular weight excluding hydrogens is 359 g/mol. The first-order chi connectivity index (χ1) is 12.4. The second-order valence-corrected chi connectivity index (χ2v) is 8.48. The summed E-state index contributed by atoms with van der Waals surface area (Å²) in [5, 5.41) is 2.75. The highest BCUT2D eigenvalue weighted by Gasteiger charge is 2.29. The molecule has 0 saturated carbocycles. The molecule has 0 radical (unpaired) electrons. The molecule has 8 heteroatoms. The van der Waals surface area contributed by atoms with Crippen LogP contribution >= 0.6 is 0 Å². The number of halogens is 1. The monoisotopic (exact) mass is 378 g/mol. The van der Waals surface area contributed by atoms with Crippen LogP contribution in [0.25, 0.3) is 0 Å². The van der Waals surface area contributed by atoms with E-state index < -0.39 is 15.7 Å². The van der Waals surface area contributed by atoms with Gasteiger partial charge in [-0.1, -0.05) is 18.2 Å². The fourth-order valence-electron chi connectivity index (χ4n) is 2.84. The number of carbonyl (C=O) groups excluding carboxylic acids is 1. The van der Waals surface area contributed by atoms with E-state index in [4.69, 9.17) is 4.74 Å². The van der Waals surface area contributed by atoms with Gasteiger partial charge < -0.3 is 10.1 Å². The summed E-state index contributed by atoms with van der Waals surface area (Å²) in [6.07, 6.45) is 2.21. The minimum atomic E-state index is -3.00. The van der Waals surface area contributed by atoms with Gasteiger partial charge in [0.15, 0.2) is 21.4 Å². The summed E-state index contributed by atoms with van der Waals surface area (Å²) in [5.74, 6) is -0.397. The first-order valence-electron chi connectivity index (χ1n) is 8.26. The number of benzene rings is 1. The lowest BCUT2D eigenvalue weighted by atomic mass is 10.1. The zero-order valence-electron chi connectivity index (χ0n) is 14.0. The highest BCUT2D eigenvalue weighted by molar-refractivity contribution is 7.91. The number of rotatable bonds is 6. The average Bonchev–Trinajstić information content (AvgIpc) is 2.94. The van der Waals surface area contributed by atoms with Crippen molar-refractivity contribution in [1.29, 1.82) is 0 Å². The number of hydrogen-bond acceptors (Lipinski definition) is 5. The fraction of sp³-hybridized carbons (Fsp3) is 0.333. The van der Waals surface area contributed by atoms with Crippen LogP contribution in [-0.4, -0.2) is 30.8 Å². The first-order valence-corrected chi connectivity index (χ1v) is 10.1. The number of aromatic nitrogens is 1. The lowest BCUT2D eigenvalue weighted by Crippen LogP contribution is -2.25. The standard InChI is InChI=1S/C18H19FN2O4S/c19-15-5-1-2-6-16(15)25-18-14(4-3-8-20-18)11-21-17(22)10-13-7-9-26(23,24)12-13/h1-6,8,13H,7,9-12H2,(H,21,22). The predicted molar refractivity (Wildman–Crippen MR) is 93.9 cm³/mol. The van der Waals surface area contributed by atoms with Gasteiger partial charge in [-0.05, 0) is 30.5 Å². The van der Waals surface area contributed by atoms with Crippen LogP contribution in [0.1, 0.15) is 18.4 Å². The smallest absolute Gasteiger partial charge is 0.224 e. The molecule has 1 aromatic heterocycles. The van der Waals surface area contributed by atoms with E-state index in [0.29, 0.717) is 12.0 Å². The number of nitrogens with zero attached hydrogens (tertiary/aromatic N) is 1. The Labute approximate surface area is 151 Å². The molecule has 0 aliphatic carbocycles. The largest absolute Gasteiger partial charge is 0.436 e. The third-order valence-corrected chi connectivity index (χ3v) is 6.01. The van der Waals surface area contributed by atoms with Gasteiger partial charge in [-0.2, -0.15) is 0 Å². The zero-order chi connectivity index (χ0) is 18.6. The Morgan fingerprint density at radius 2 is 2.08 bits per heavy atom. The van der Waals surface area contributed by atoms with Crippen LogP contribution < -0.4 is 10.1 Å². The molecule has 1 saturated heterocycles. The predicted octanol–water partition coefficient (Wildman–Crippen LogP) is 2.45. The topological polar surface area (TPSA) is 85.4 Å². The summed E-state index contributed by atoms with van der Waals surface area (Å²) in [6, 6.07) is 9.41. The van der Waals surface area contributed by atoms with E-state index in [1.807, 2.05) is 0 Å². The van der Waals surface area contributed by atoms with Gasteiger partial charge in [0.2, 0.25) is 11.8 Å². The van der Waals surface area contributed by atoms with Crippen molar-refractivity contribution in [2.75, 3.05) is 11.5 Å². The number of nitrogens with one attached hydrogen (secondary N) is 1. The maximum absolute atomic E-state index is 13.7. The maximum Gasteiger partial charge on any atom is 0.224 e. The Morgan fingerprint density at radius 1 is 1.27 bits per heavy atom. The minimum absolute atomic E-state index is 0.0509. The highest BCUT2D eigenvalue weighted by Crippen LogP contribution is 2.25. The van der Waals surface area contributed by atoms with Crippen LogP contribution in [0.2, 0.25) is 0 Å². The summed E-state index contributed by atoms with van der Waals surface area (Å²) in [7, 11) is -3.00. The van der Waals surface area contributed by atoms with Crippen molar-refractivity contribution in [3.8, 4) is 11.6 Å². The molecule has 1 aromatic carbocycles. The van der Waals surface area contributed by atoms with Crippen molar-refractivity contribution in [2.45, 2.75) is 19.4 Å². The van der Waals surface area contributed by atoms with Gasteiger partial charge in [0, 0.05) is 24.7 Å². The first kappa shape index (κ1) is 18.3. The Balaban J connectivity index is 1.60. The lowest BCUT2D eigenvalue weighted by molar-refractivity contribution is -0.122. The zero-order valence-corrected chi connectivity index (χ0v) is 14.8. The summed E-state index contributed by atoms with van der Waals surface area (Å²) in [6.45, 7) is 0.163. The summed E-state index contributed by atoms with van der Waals surface area (Å²) in [5.41, 5.74) is 0.600. The van der Waals surface area contributed by atoms with Crippen molar-refractivity contribution in [2.24, 2.45) is 5.92 Å². The quantitative estimate of drug-likeness (QED) is 0.835. The summed E-state index contributed by atoms with van der Waals surface area (Å²) >= 11 is 0. The van der Waals surface area contributed by atoms with Crippen LogP contribution in [0.4, 0.5) is 4.39 Å². The van der Waals surface area contributed by atoms with Gasteiger partial charge in [-0.15, -0.1) is 0 Å². The molecule has 26 heavy (non-hydrogen) atoms. The second-order valence-electron chi connectivity index (χ2n) is 6.25. The molecule has 1 unspecified atom stereocenters.